The third-order valence-corrected chi connectivity index (χ3v) is 13.5. The Morgan fingerprint density at radius 1 is 0.429 bits per heavy atom. The fraction of sp³-hybridized carbons (Fsp3) is 0.981. The van der Waals surface area contributed by atoms with Gasteiger partial charge >= 0.3 is 13.8 Å². The zero-order chi connectivity index (χ0) is 46.0. The van der Waals surface area contributed by atoms with Crippen LogP contribution in [0.25, 0.3) is 0 Å². The number of unbranched alkanes of at least 4 members (excludes halogenated alkanes) is 40. The van der Waals surface area contributed by atoms with Gasteiger partial charge in [0, 0.05) is 13.0 Å². The van der Waals surface area contributed by atoms with E-state index in [1.54, 1.807) is 0 Å². The van der Waals surface area contributed by atoms with E-state index in [4.69, 9.17) is 23.6 Å². The van der Waals surface area contributed by atoms with E-state index in [9.17, 15) is 19.4 Å². The van der Waals surface area contributed by atoms with Crippen molar-refractivity contribution in [3.8, 4) is 0 Å². The zero-order valence-electron chi connectivity index (χ0n) is 41.8. The third-order valence-electron chi connectivity index (χ3n) is 12.5. The Labute approximate surface area is 390 Å². The van der Waals surface area contributed by atoms with Crippen molar-refractivity contribution in [2.45, 2.75) is 302 Å². The minimum atomic E-state index is -4.52. The number of hydrogen-bond donors (Lipinski definition) is 3. The Kier molecular flexibility index (Phi) is 50.4. The summed E-state index contributed by atoms with van der Waals surface area (Å²) in [7, 11) is -4.52. The Bertz CT molecular complexity index is 953. The molecule has 0 heterocycles. The van der Waals surface area contributed by atoms with Crippen molar-refractivity contribution in [3.63, 3.8) is 0 Å². The lowest BCUT2D eigenvalue weighted by Gasteiger charge is -2.20. The summed E-state index contributed by atoms with van der Waals surface area (Å²) in [6.45, 7) is 3.61. The average molecular weight is 919 g/mol. The summed E-state index contributed by atoms with van der Waals surface area (Å²) in [5.74, 6) is -0.372. The molecule has 0 aliphatic rings. The number of carbonyl (C=O) groups excluding carboxylic acids is 1. The molecule has 0 saturated carbocycles. The molecular weight excluding hydrogens is 812 g/mol. The predicted molar refractivity (Wildman–Crippen MR) is 265 cm³/mol. The van der Waals surface area contributed by atoms with E-state index < -0.39 is 33.2 Å². The molecule has 0 aromatic heterocycles. The maximum Gasteiger partial charge on any atom is 0.472 e. The number of rotatable bonds is 54. The molecule has 378 valence electrons. The molecule has 10 heteroatoms. The molecule has 0 aromatic rings. The highest BCUT2D eigenvalue weighted by Crippen LogP contribution is 2.43. The molecule has 3 unspecified atom stereocenters. The second-order valence-electron chi connectivity index (χ2n) is 19.0. The van der Waals surface area contributed by atoms with Crippen molar-refractivity contribution in [3.05, 3.63) is 0 Å². The van der Waals surface area contributed by atoms with Crippen LogP contribution in [0.1, 0.15) is 290 Å². The summed E-state index contributed by atoms with van der Waals surface area (Å²) in [5.41, 5.74) is 0. The minimum absolute atomic E-state index is 0.0590. The van der Waals surface area contributed by atoms with Crippen LogP contribution in [-0.2, 0) is 27.9 Å². The lowest BCUT2D eigenvalue weighted by atomic mass is 10.0. The van der Waals surface area contributed by atoms with Gasteiger partial charge in [0.15, 0.2) is 0 Å². The Hall–Kier alpha value is -0.540. The predicted octanol–water partition coefficient (Wildman–Crippen LogP) is 16.2. The normalized spacial score (nSPS) is 13.7. The van der Waals surface area contributed by atoms with E-state index in [0.29, 0.717) is 6.61 Å². The van der Waals surface area contributed by atoms with E-state index in [1.165, 1.54) is 238 Å². The van der Waals surface area contributed by atoms with E-state index in [-0.39, 0.29) is 25.6 Å². The number of aliphatic hydroxyl groups excluding tert-OH is 2. The molecule has 0 aliphatic carbocycles. The van der Waals surface area contributed by atoms with Crippen LogP contribution in [0.3, 0.4) is 0 Å². The van der Waals surface area contributed by atoms with Crippen molar-refractivity contribution in [2.75, 3.05) is 33.0 Å². The van der Waals surface area contributed by atoms with Crippen LogP contribution < -0.4 is 0 Å². The molecule has 0 radical (unpaired) electrons. The van der Waals surface area contributed by atoms with Crippen LogP contribution in [0.2, 0.25) is 0 Å². The van der Waals surface area contributed by atoms with E-state index in [2.05, 4.69) is 13.8 Å². The highest BCUT2D eigenvalue weighted by Gasteiger charge is 2.26. The summed E-state index contributed by atoms with van der Waals surface area (Å²) in [6, 6.07) is 0. The van der Waals surface area contributed by atoms with Gasteiger partial charge in [-0.1, -0.05) is 271 Å². The first kappa shape index (κ1) is 62.5. The lowest BCUT2D eigenvalue weighted by molar-refractivity contribution is -0.154. The average Bonchev–Trinajstić information content (AvgIpc) is 3.28. The Morgan fingerprint density at radius 2 is 0.714 bits per heavy atom. The van der Waals surface area contributed by atoms with Gasteiger partial charge in [-0.15, -0.1) is 0 Å². The number of esters is 1. The second kappa shape index (κ2) is 50.9. The zero-order valence-corrected chi connectivity index (χ0v) is 42.7. The van der Waals surface area contributed by atoms with Crippen molar-refractivity contribution >= 4 is 13.8 Å². The molecule has 0 rings (SSSR count). The molecule has 0 bridgehead atoms. The van der Waals surface area contributed by atoms with Crippen LogP contribution in [0, 0.1) is 0 Å². The van der Waals surface area contributed by atoms with Gasteiger partial charge in [-0.2, -0.15) is 0 Å². The van der Waals surface area contributed by atoms with E-state index in [1.807, 2.05) is 0 Å². The van der Waals surface area contributed by atoms with Crippen molar-refractivity contribution in [1.82, 2.24) is 0 Å². The van der Waals surface area contributed by atoms with Crippen molar-refractivity contribution in [2.24, 2.45) is 0 Å². The van der Waals surface area contributed by atoms with Crippen LogP contribution in [-0.4, -0.2) is 66.3 Å². The first-order chi connectivity index (χ1) is 30.8. The summed E-state index contributed by atoms with van der Waals surface area (Å²) >= 11 is 0. The SMILES string of the molecule is CCCCCCCCCCCCCCCCCCCCCCCCCCOCC(COP(=O)(O)OCC(O)CO)OC(=O)CCCCCCCCCCCCCCCCCCCC. The number of phosphoric acid groups is 1. The van der Waals surface area contributed by atoms with Gasteiger partial charge in [-0.05, 0) is 12.8 Å². The topological polar surface area (TPSA) is 132 Å². The molecule has 3 N–H and O–H groups in total. The molecule has 0 amide bonds. The summed E-state index contributed by atoms with van der Waals surface area (Å²) in [4.78, 5) is 22.7. The van der Waals surface area contributed by atoms with Gasteiger partial charge in [0.25, 0.3) is 0 Å². The highest BCUT2D eigenvalue weighted by atomic mass is 31.2. The smallest absolute Gasteiger partial charge is 0.457 e. The minimum Gasteiger partial charge on any atom is -0.457 e. The van der Waals surface area contributed by atoms with Gasteiger partial charge < -0.3 is 24.6 Å². The first-order valence-corrected chi connectivity index (χ1v) is 29.0. The van der Waals surface area contributed by atoms with Crippen LogP contribution in [0.4, 0.5) is 0 Å². The first-order valence-electron chi connectivity index (χ1n) is 27.5. The Morgan fingerprint density at radius 3 is 1.03 bits per heavy atom. The quantitative estimate of drug-likeness (QED) is 0.0310. The van der Waals surface area contributed by atoms with E-state index in [0.717, 1.165) is 32.1 Å². The molecule has 0 spiro atoms. The van der Waals surface area contributed by atoms with Crippen molar-refractivity contribution < 1.29 is 43.0 Å². The molecule has 0 saturated heterocycles. The van der Waals surface area contributed by atoms with Crippen molar-refractivity contribution in [1.29, 1.82) is 0 Å². The summed E-state index contributed by atoms with van der Waals surface area (Å²) in [6.07, 6.45) is 53.7. The summed E-state index contributed by atoms with van der Waals surface area (Å²) in [5, 5.41) is 18.4. The molecular formula is C53H107O9P. The molecule has 9 nitrogen and oxygen atoms in total. The van der Waals surface area contributed by atoms with Crippen LogP contribution >= 0.6 is 7.82 Å². The summed E-state index contributed by atoms with van der Waals surface area (Å²) < 4.78 is 33.6. The molecule has 0 aliphatic heterocycles. The third kappa shape index (κ3) is 50.7. The molecule has 63 heavy (non-hydrogen) atoms. The second-order valence-corrected chi connectivity index (χ2v) is 20.4. The fourth-order valence-corrected chi connectivity index (χ4v) is 9.15. The molecule has 3 atom stereocenters. The maximum absolute atomic E-state index is 12.7. The Balaban J connectivity index is 3.95. The highest BCUT2D eigenvalue weighted by molar-refractivity contribution is 7.47. The number of hydrogen-bond acceptors (Lipinski definition) is 8. The van der Waals surface area contributed by atoms with Gasteiger partial charge in [-0.3, -0.25) is 13.8 Å². The largest absolute Gasteiger partial charge is 0.472 e. The number of phosphoric ester groups is 1. The fourth-order valence-electron chi connectivity index (χ4n) is 8.36. The molecule has 0 fully saturated rings. The number of carbonyl (C=O) groups is 1. The van der Waals surface area contributed by atoms with Gasteiger partial charge in [-0.25, -0.2) is 4.57 Å². The van der Waals surface area contributed by atoms with Gasteiger partial charge in [0.1, 0.15) is 12.2 Å². The standard InChI is InChI=1S/C53H107O9P/c1-3-5-7-9-11-13-15-17-19-21-23-24-25-26-27-28-30-32-34-36-38-40-42-44-46-59-49-52(50-61-63(57,58)60-48-51(55)47-54)62-53(56)45-43-41-39-37-35-33-31-29-22-20-18-16-14-12-10-8-6-4-2/h51-52,54-55H,3-50H2,1-2H3,(H,57,58). The maximum atomic E-state index is 12.7. The number of ether oxygens (including phenoxy) is 2. The van der Waals surface area contributed by atoms with Crippen LogP contribution in [0.15, 0.2) is 0 Å². The van der Waals surface area contributed by atoms with Gasteiger partial charge in [0.2, 0.25) is 0 Å². The molecule has 0 aromatic carbocycles. The van der Waals surface area contributed by atoms with Crippen LogP contribution in [0.5, 0.6) is 0 Å². The monoisotopic (exact) mass is 919 g/mol. The number of aliphatic hydroxyl groups is 2. The lowest BCUT2D eigenvalue weighted by Crippen LogP contribution is -2.29. The van der Waals surface area contributed by atoms with E-state index >= 15 is 0 Å². The van der Waals surface area contributed by atoms with Gasteiger partial charge in [0.05, 0.1) is 26.4 Å².